The Balaban J connectivity index is 1.61. The van der Waals surface area contributed by atoms with E-state index in [9.17, 15) is 0 Å². The van der Waals surface area contributed by atoms with E-state index < -0.39 is 0 Å². The van der Waals surface area contributed by atoms with Crippen molar-refractivity contribution < 1.29 is 23.7 Å². The van der Waals surface area contributed by atoms with Gasteiger partial charge in [-0.2, -0.15) is 0 Å². The number of benzene rings is 3. The van der Waals surface area contributed by atoms with Crippen molar-refractivity contribution >= 4 is 28.3 Å². The van der Waals surface area contributed by atoms with Crippen molar-refractivity contribution in [3.8, 4) is 34.4 Å². The number of rotatable bonds is 11. The standard InChI is InChI=1S/C26H26ClN3O5/c1-31-11-13-33-23-15-21-22(16-24(23)34-14-12-32-2)29-26(30-25(21)28)17-3-7-19(8-4-17)35-20-9-5-18(27)6-10-20/h3-10,15-16H,11-14H2,1-2H3,(H2,28,29,30). The zero-order chi connectivity index (χ0) is 24.6. The van der Waals surface area contributed by atoms with Crippen LogP contribution >= 0.6 is 11.6 Å². The summed E-state index contributed by atoms with van der Waals surface area (Å²) in [5.74, 6) is 3.28. The van der Waals surface area contributed by atoms with E-state index in [2.05, 4.69) is 4.98 Å². The van der Waals surface area contributed by atoms with Crippen LogP contribution in [0.1, 0.15) is 0 Å². The number of fused-ring (bicyclic) bond motifs is 1. The van der Waals surface area contributed by atoms with Crippen LogP contribution in [0.2, 0.25) is 5.02 Å². The second-order valence-corrected chi connectivity index (χ2v) is 7.95. The lowest BCUT2D eigenvalue weighted by molar-refractivity contribution is 0.132. The molecule has 0 aliphatic carbocycles. The Bertz CT molecular complexity index is 1270. The smallest absolute Gasteiger partial charge is 0.163 e. The quantitative estimate of drug-likeness (QED) is 0.277. The molecule has 0 saturated carbocycles. The van der Waals surface area contributed by atoms with Crippen molar-refractivity contribution in [3.63, 3.8) is 0 Å². The Morgan fingerprint density at radius 2 is 1.31 bits per heavy atom. The first-order valence-corrected chi connectivity index (χ1v) is 11.3. The number of nitrogen functional groups attached to an aromatic ring is 1. The van der Waals surface area contributed by atoms with Gasteiger partial charge in [-0.05, 0) is 54.6 Å². The molecule has 4 aromatic rings. The van der Waals surface area contributed by atoms with E-state index in [1.807, 2.05) is 36.4 Å². The fourth-order valence-electron chi connectivity index (χ4n) is 3.30. The van der Waals surface area contributed by atoms with Crippen molar-refractivity contribution in [2.24, 2.45) is 0 Å². The van der Waals surface area contributed by atoms with E-state index >= 15 is 0 Å². The predicted octanol–water partition coefficient (Wildman–Crippen LogP) is 5.38. The number of aromatic nitrogens is 2. The fraction of sp³-hybridized carbons (Fsp3) is 0.231. The van der Waals surface area contributed by atoms with Crippen LogP contribution in [-0.2, 0) is 9.47 Å². The third-order valence-corrected chi connectivity index (χ3v) is 5.29. The molecule has 2 N–H and O–H groups in total. The molecule has 8 nitrogen and oxygen atoms in total. The summed E-state index contributed by atoms with van der Waals surface area (Å²) in [6.45, 7) is 1.62. The summed E-state index contributed by atoms with van der Waals surface area (Å²) in [7, 11) is 3.23. The Kier molecular flexibility index (Phi) is 8.20. The van der Waals surface area contributed by atoms with Gasteiger partial charge < -0.3 is 29.4 Å². The lowest BCUT2D eigenvalue weighted by Crippen LogP contribution is -2.09. The van der Waals surface area contributed by atoms with Gasteiger partial charge in [0.25, 0.3) is 0 Å². The largest absolute Gasteiger partial charge is 0.487 e. The number of nitrogens with two attached hydrogens (primary N) is 1. The highest BCUT2D eigenvalue weighted by Crippen LogP contribution is 2.35. The second kappa shape index (κ2) is 11.7. The summed E-state index contributed by atoms with van der Waals surface area (Å²) >= 11 is 5.93. The van der Waals surface area contributed by atoms with E-state index in [0.29, 0.717) is 77.0 Å². The van der Waals surface area contributed by atoms with E-state index in [4.69, 9.17) is 46.0 Å². The maximum Gasteiger partial charge on any atom is 0.163 e. The zero-order valence-corrected chi connectivity index (χ0v) is 20.2. The molecule has 0 amide bonds. The van der Waals surface area contributed by atoms with Crippen LogP contribution in [0.15, 0.2) is 60.7 Å². The summed E-state index contributed by atoms with van der Waals surface area (Å²) in [6.07, 6.45) is 0. The molecule has 0 unspecified atom stereocenters. The number of hydrogen-bond acceptors (Lipinski definition) is 8. The van der Waals surface area contributed by atoms with E-state index in [0.717, 1.165) is 5.56 Å². The molecule has 0 atom stereocenters. The Labute approximate surface area is 208 Å². The zero-order valence-electron chi connectivity index (χ0n) is 19.5. The molecule has 3 aromatic carbocycles. The van der Waals surface area contributed by atoms with Gasteiger partial charge in [-0.3, -0.25) is 0 Å². The highest BCUT2D eigenvalue weighted by molar-refractivity contribution is 6.30. The first-order chi connectivity index (χ1) is 17.1. The number of halogens is 1. The van der Waals surface area contributed by atoms with E-state index in [-0.39, 0.29) is 0 Å². The number of ether oxygens (including phenoxy) is 5. The molecule has 0 aliphatic heterocycles. The van der Waals surface area contributed by atoms with Gasteiger partial charge in [0.2, 0.25) is 0 Å². The maximum atomic E-state index is 6.31. The molecule has 0 saturated heterocycles. The molecule has 0 fully saturated rings. The number of anilines is 1. The van der Waals surface area contributed by atoms with Gasteiger partial charge in [-0.1, -0.05) is 11.6 Å². The third kappa shape index (κ3) is 6.30. The van der Waals surface area contributed by atoms with Crippen molar-refractivity contribution in [2.75, 3.05) is 46.4 Å². The molecule has 4 rings (SSSR count). The molecule has 0 spiro atoms. The van der Waals surface area contributed by atoms with Crippen LogP contribution in [0.25, 0.3) is 22.3 Å². The fourth-order valence-corrected chi connectivity index (χ4v) is 3.42. The molecule has 0 aliphatic rings. The molecule has 9 heteroatoms. The molecular formula is C26H26ClN3O5. The van der Waals surface area contributed by atoms with Crippen LogP contribution in [0.4, 0.5) is 5.82 Å². The first kappa shape index (κ1) is 24.5. The highest BCUT2D eigenvalue weighted by atomic mass is 35.5. The Hall–Kier alpha value is -3.59. The molecule has 1 heterocycles. The molecule has 0 radical (unpaired) electrons. The van der Waals surface area contributed by atoms with Crippen molar-refractivity contribution in [2.45, 2.75) is 0 Å². The lowest BCUT2D eigenvalue weighted by Gasteiger charge is -2.15. The van der Waals surface area contributed by atoms with Crippen LogP contribution in [0.5, 0.6) is 23.0 Å². The summed E-state index contributed by atoms with van der Waals surface area (Å²) in [4.78, 5) is 9.23. The van der Waals surface area contributed by atoms with Crippen molar-refractivity contribution in [1.82, 2.24) is 9.97 Å². The van der Waals surface area contributed by atoms with Crippen LogP contribution in [0.3, 0.4) is 0 Å². The number of hydrogen-bond donors (Lipinski definition) is 1. The number of nitrogens with zero attached hydrogens (tertiary/aromatic N) is 2. The third-order valence-electron chi connectivity index (χ3n) is 5.04. The van der Waals surface area contributed by atoms with Gasteiger partial charge in [0, 0.05) is 36.3 Å². The van der Waals surface area contributed by atoms with E-state index in [1.165, 1.54) is 0 Å². The highest BCUT2D eigenvalue weighted by Gasteiger charge is 2.14. The summed E-state index contributed by atoms with van der Waals surface area (Å²) in [6, 6.07) is 18.2. The average Bonchev–Trinajstić information content (AvgIpc) is 2.86. The number of methoxy groups -OCH3 is 2. The maximum absolute atomic E-state index is 6.31. The molecule has 1 aromatic heterocycles. The van der Waals surface area contributed by atoms with Crippen molar-refractivity contribution in [1.29, 1.82) is 0 Å². The van der Waals surface area contributed by atoms with Crippen LogP contribution in [0, 0.1) is 0 Å². The molecule has 35 heavy (non-hydrogen) atoms. The summed E-state index contributed by atoms with van der Waals surface area (Å²) in [5.41, 5.74) is 7.74. The molecule has 0 bridgehead atoms. The topological polar surface area (TPSA) is 98.0 Å². The van der Waals surface area contributed by atoms with E-state index in [1.54, 1.807) is 38.5 Å². The monoisotopic (exact) mass is 495 g/mol. The SMILES string of the molecule is COCCOc1cc2nc(-c3ccc(Oc4ccc(Cl)cc4)cc3)nc(N)c2cc1OCCOC. The minimum atomic E-state index is 0.339. The Morgan fingerprint density at radius 1 is 0.743 bits per heavy atom. The summed E-state index contributed by atoms with van der Waals surface area (Å²) in [5, 5.41) is 1.32. The summed E-state index contributed by atoms with van der Waals surface area (Å²) < 4.78 is 27.7. The lowest BCUT2D eigenvalue weighted by atomic mass is 10.1. The minimum Gasteiger partial charge on any atom is -0.487 e. The second-order valence-electron chi connectivity index (χ2n) is 7.51. The normalized spacial score (nSPS) is 10.9. The van der Waals surface area contributed by atoms with Gasteiger partial charge >= 0.3 is 0 Å². The predicted molar refractivity (Wildman–Crippen MR) is 136 cm³/mol. The van der Waals surface area contributed by atoms with Gasteiger partial charge in [-0.15, -0.1) is 0 Å². The average molecular weight is 496 g/mol. The van der Waals surface area contributed by atoms with Crippen LogP contribution < -0.4 is 19.9 Å². The molecule has 182 valence electrons. The van der Waals surface area contributed by atoms with Gasteiger partial charge in [-0.25, -0.2) is 9.97 Å². The minimum absolute atomic E-state index is 0.339. The Morgan fingerprint density at radius 3 is 1.91 bits per heavy atom. The van der Waals surface area contributed by atoms with Gasteiger partial charge in [0.1, 0.15) is 30.5 Å². The van der Waals surface area contributed by atoms with Gasteiger partial charge in [0.05, 0.1) is 18.7 Å². The first-order valence-electron chi connectivity index (χ1n) is 11.0. The molecular weight excluding hydrogens is 470 g/mol. The van der Waals surface area contributed by atoms with Crippen molar-refractivity contribution in [3.05, 3.63) is 65.7 Å². The van der Waals surface area contributed by atoms with Crippen LogP contribution in [-0.4, -0.2) is 50.6 Å². The van der Waals surface area contributed by atoms with Gasteiger partial charge in [0.15, 0.2) is 17.3 Å².